The van der Waals surface area contributed by atoms with Crippen LogP contribution in [0.2, 0.25) is 0 Å². The minimum atomic E-state index is -0.125. The molecule has 0 aromatic heterocycles. The Morgan fingerprint density at radius 2 is 2.05 bits per heavy atom. The summed E-state index contributed by atoms with van der Waals surface area (Å²) in [6.45, 7) is 5.89. The molecule has 5 nitrogen and oxygen atoms in total. The molecule has 3 saturated heterocycles. The molecule has 3 fully saturated rings. The van der Waals surface area contributed by atoms with Crippen LogP contribution in [0.1, 0.15) is 45.4 Å². The van der Waals surface area contributed by atoms with Crippen LogP contribution in [-0.2, 0) is 9.59 Å². The highest BCUT2D eigenvalue weighted by atomic mass is 16.2. The summed E-state index contributed by atoms with van der Waals surface area (Å²) in [5, 5.41) is 5.95. The number of amides is 2. The number of hydrogen-bond donors (Lipinski definition) is 2. The number of β-lactam (4-membered cyclic amide) rings is 1. The second-order valence-electron chi connectivity index (χ2n) is 5.63. The smallest absolute Gasteiger partial charge is 0.242 e. The van der Waals surface area contributed by atoms with Gasteiger partial charge in [0.1, 0.15) is 5.54 Å². The van der Waals surface area contributed by atoms with Gasteiger partial charge in [0.05, 0.1) is 0 Å². The van der Waals surface area contributed by atoms with Crippen molar-refractivity contribution in [3.05, 3.63) is 0 Å². The maximum absolute atomic E-state index is 11.2. The highest BCUT2D eigenvalue weighted by Gasteiger charge is 2.47. The van der Waals surface area contributed by atoms with Crippen molar-refractivity contribution in [1.29, 1.82) is 0 Å². The first-order valence-corrected chi connectivity index (χ1v) is 7.49. The van der Waals surface area contributed by atoms with Gasteiger partial charge >= 0.3 is 0 Å². The molecule has 1 unspecified atom stereocenters. The van der Waals surface area contributed by atoms with E-state index in [1.54, 1.807) is 0 Å². The lowest BCUT2D eigenvalue weighted by Crippen LogP contribution is -2.69. The highest BCUT2D eigenvalue weighted by Crippen LogP contribution is 2.23. The fraction of sp³-hybridized carbons (Fsp3) is 0.857. The van der Waals surface area contributed by atoms with Crippen LogP contribution >= 0.6 is 0 Å². The van der Waals surface area contributed by atoms with E-state index in [9.17, 15) is 9.59 Å². The minimum absolute atomic E-state index is 0.125. The van der Waals surface area contributed by atoms with E-state index in [0.717, 1.165) is 51.9 Å². The number of rotatable bonds is 2. The van der Waals surface area contributed by atoms with E-state index in [1.807, 2.05) is 11.8 Å². The number of hydrogen-bond acceptors (Lipinski definition) is 3. The zero-order valence-electron chi connectivity index (χ0n) is 11.8. The Labute approximate surface area is 115 Å². The Hall–Kier alpha value is -1.10. The van der Waals surface area contributed by atoms with Crippen molar-refractivity contribution in [2.24, 2.45) is 0 Å². The maximum Gasteiger partial charge on any atom is 0.242 e. The molecule has 3 aliphatic rings. The zero-order valence-corrected chi connectivity index (χ0v) is 11.8. The molecule has 5 heteroatoms. The lowest BCUT2D eigenvalue weighted by Gasteiger charge is -2.37. The summed E-state index contributed by atoms with van der Waals surface area (Å²) in [6, 6.07) is 0. The van der Waals surface area contributed by atoms with Crippen molar-refractivity contribution in [1.82, 2.24) is 15.5 Å². The van der Waals surface area contributed by atoms with Crippen molar-refractivity contribution in [3.63, 3.8) is 0 Å². The quantitative estimate of drug-likeness (QED) is 0.722. The van der Waals surface area contributed by atoms with Gasteiger partial charge in [-0.3, -0.25) is 9.59 Å². The molecular formula is C14H25N3O2. The summed E-state index contributed by atoms with van der Waals surface area (Å²) in [4.78, 5) is 24.0. The number of nitrogens with zero attached hydrogens (tertiary/aromatic N) is 1. The lowest BCUT2D eigenvalue weighted by molar-refractivity contribution is -0.134. The molecular weight excluding hydrogens is 242 g/mol. The summed E-state index contributed by atoms with van der Waals surface area (Å²) >= 11 is 0. The van der Waals surface area contributed by atoms with E-state index in [-0.39, 0.29) is 11.4 Å². The third kappa shape index (κ3) is 3.26. The van der Waals surface area contributed by atoms with Crippen LogP contribution in [0.4, 0.5) is 0 Å². The van der Waals surface area contributed by atoms with E-state index < -0.39 is 0 Å². The van der Waals surface area contributed by atoms with E-state index in [2.05, 4.69) is 10.6 Å². The Morgan fingerprint density at radius 1 is 1.32 bits per heavy atom. The van der Waals surface area contributed by atoms with Crippen molar-refractivity contribution < 1.29 is 9.59 Å². The van der Waals surface area contributed by atoms with Gasteiger partial charge in [-0.25, -0.2) is 0 Å². The predicted molar refractivity (Wildman–Crippen MR) is 73.7 cm³/mol. The fourth-order valence-electron chi connectivity index (χ4n) is 2.86. The molecule has 0 saturated carbocycles. The molecule has 0 aromatic carbocycles. The van der Waals surface area contributed by atoms with Crippen LogP contribution in [0, 0.1) is 0 Å². The third-order valence-corrected chi connectivity index (χ3v) is 4.15. The van der Waals surface area contributed by atoms with Crippen LogP contribution in [0.3, 0.4) is 0 Å². The molecule has 2 amide bonds. The number of carbonyl (C=O) groups is 2. The number of likely N-dealkylation sites (tertiary alicyclic amines) is 1. The van der Waals surface area contributed by atoms with Gasteiger partial charge in [0.15, 0.2) is 0 Å². The molecule has 1 atom stereocenters. The number of nitrogens with one attached hydrogen (secondary N) is 2. The highest BCUT2D eigenvalue weighted by molar-refractivity contribution is 5.92. The lowest BCUT2D eigenvalue weighted by atomic mass is 9.90. The third-order valence-electron chi connectivity index (χ3n) is 4.15. The average molecular weight is 267 g/mol. The number of carbonyl (C=O) groups excluding carboxylic acids is 2. The van der Waals surface area contributed by atoms with Gasteiger partial charge in [0.2, 0.25) is 11.8 Å². The normalized spacial score (nSPS) is 28.7. The van der Waals surface area contributed by atoms with Crippen molar-refractivity contribution >= 4 is 11.8 Å². The van der Waals surface area contributed by atoms with Gasteiger partial charge in [0, 0.05) is 26.1 Å². The molecule has 0 aliphatic carbocycles. The van der Waals surface area contributed by atoms with Gasteiger partial charge in [-0.1, -0.05) is 6.92 Å². The van der Waals surface area contributed by atoms with Crippen LogP contribution in [0.15, 0.2) is 0 Å². The molecule has 108 valence electrons. The van der Waals surface area contributed by atoms with Crippen molar-refractivity contribution in [3.8, 4) is 0 Å². The van der Waals surface area contributed by atoms with Crippen molar-refractivity contribution in [2.45, 2.75) is 51.0 Å². The maximum atomic E-state index is 11.2. The summed E-state index contributed by atoms with van der Waals surface area (Å²) in [6.07, 6.45) is 6.30. The zero-order chi connectivity index (χ0) is 13.7. The first-order chi connectivity index (χ1) is 9.18. The Bertz CT molecular complexity index is 332. The van der Waals surface area contributed by atoms with Crippen LogP contribution in [-0.4, -0.2) is 48.4 Å². The molecule has 1 spiro atoms. The fourth-order valence-corrected chi connectivity index (χ4v) is 2.86. The van der Waals surface area contributed by atoms with E-state index >= 15 is 0 Å². The van der Waals surface area contributed by atoms with Crippen LogP contribution in [0.25, 0.3) is 0 Å². The molecule has 3 heterocycles. The molecule has 0 aromatic rings. The molecule has 19 heavy (non-hydrogen) atoms. The molecule has 2 N–H and O–H groups in total. The molecule has 0 radical (unpaired) electrons. The van der Waals surface area contributed by atoms with Gasteiger partial charge < -0.3 is 15.5 Å². The van der Waals surface area contributed by atoms with E-state index in [0.29, 0.717) is 5.91 Å². The largest absolute Gasteiger partial charge is 0.352 e. The SMILES string of the molecule is CCCC(=O)N1CCCC1.O=C1NCC12CCCN2. The summed E-state index contributed by atoms with van der Waals surface area (Å²) in [7, 11) is 0. The second-order valence-corrected chi connectivity index (χ2v) is 5.63. The molecule has 0 bridgehead atoms. The monoisotopic (exact) mass is 267 g/mol. The van der Waals surface area contributed by atoms with Gasteiger partial charge in [0.25, 0.3) is 0 Å². The van der Waals surface area contributed by atoms with Gasteiger partial charge in [-0.05, 0) is 38.6 Å². The Kier molecular flexibility index (Phi) is 4.80. The van der Waals surface area contributed by atoms with Crippen LogP contribution < -0.4 is 10.6 Å². The molecule has 3 aliphatic heterocycles. The second kappa shape index (κ2) is 6.37. The predicted octanol–water partition coefficient (Wildman–Crippen LogP) is 0.647. The van der Waals surface area contributed by atoms with E-state index in [4.69, 9.17) is 0 Å². The first kappa shape index (κ1) is 14.3. The summed E-state index contributed by atoms with van der Waals surface area (Å²) in [5.74, 6) is 0.542. The summed E-state index contributed by atoms with van der Waals surface area (Å²) in [5.41, 5.74) is -0.125. The first-order valence-electron chi connectivity index (χ1n) is 7.49. The molecule has 3 rings (SSSR count). The topological polar surface area (TPSA) is 61.4 Å². The Balaban J connectivity index is 0.000000141. The average Bonchev–Trinajstić information content (AvgIpc) is 3.09. The van der Waals surface area contributed by atoms with Gasteiger partial charge in [-0.15, -0.1) is 0 Å². The van der Waals surface area contributed by atoms with E-state index in [1.165, 1.54) is 12.8 Å². The van der Waals surface area contributed by atoms with Crippen LogP contribution in [0.5, 0.6) is 0 Å². The summed E-state index contributed by atoms with van der Waals surface area (Å²) < 4.78 is 0. The Morgan fingerprint density at radius 3 is 2.42 bits per heavy atom. The minimum Gasteiger partial charge on any atom is -0.352 e. The standard InChI is InChI=1S/C8H15NO.C6H10N2O/c1-2-5-8(10)9-6-3-4-7-9;9-5-6(4-7-5)2-1-3-8-6/h2-7H2,1H3;8H,1-4H2,(H,7,9). The van der Waals surface area contributed by atoms with Gasteiger partial charge in [-0.2, -0.15) is 0 Å². The van der Waals surface area contributed by atoms with Crippen molar-refractivity contribution in [2.75, 3.05) is 26.2 Å².